The van der Waals surface area contributed by atoms with Crippen LogP contribution in [0.15, 0.2) is 0 Å². The van der Waals surface area contributed by atoms with Crippen molar-refractivity contribution in [3.05, 3.63) is 0 Å². The molecule has 0 heterocycles. The molecule has 0 unspecified atom stereocenters. The first-order valence-corrected chi connectivity index (χ1v) is 19.8. The van der Waals surface area contributed by atoms with E-state index in [-0.39, 0.29) is 0 Å². The highest BCUT2D eigenvalue weighted by Crippen LogP contribution is 2.23. The maximum Gasteiger partial charge on any atom is 0.248 e. The fourth-order valence-corrected chi connectivity index (χ4v) is 6.46. The molecule has 0 saturated heterocycles. The Labute approximate surface area is 219 Å². The average molecular weight is 524 g/mol. The summed E-state index contributed by atoms with van der Waals surface area (Å²) in [7, 11) is 0. The molecular weight excluding hydrogens is 463 g/mol. The van der Waals surface area contributed by atoms with Gasteiger partial charge in [-0.2, -0.15) is 0 Å². The molecule has 0 saturated carbocycles. The van der Waals surface area contributed by atoms with Crippen LogP contribution in [-0.2, 0) is 0 Å². The van der Waals surface area contributed by atoms with E-state index >= 15 is 0 Å². The van der Waals surface area contributed by atoms with Gasteiger partial charge in [0.05, 0.1) is 0 Å². The lowest BCUT2D eigenvalue weighted by atomic mass is 10.0. The summed E-state index contributed by atoms with van der Waals surface area (Å²) in [5.74, 6) is 0. The lowest BCUT2D eigenvalue weighted by molar-refractivity contribution is 0.282. The van der Waals surface area contributed by atoms with Crippen molar-refractivity contribution in [3.63, 3.8) is 0 Å². The van der Waals surface area contributed by atoms with Crippen LogP contribution >= 0.6 is 22.2 Å². The van der Waals surface area contributed by atoms with E-state index in [2.05, 4.69) is 0 Å². The summed E-state index contributed by atoms with van der Waals surface area (Å²) < 4.78 is 0. The van der Waals surface area contributed by atoms with Crippen LogP contribution in [0, 0.1) is 0 Å². The highest BCUT2D eigenvalue weighted by atomic mass is 35.7. The molecule has 0 spiro atoms. The number of hydrogen-bond acceptors (Lipinski definition) is 1. The SMILES string of the molecule is C[Si](Cl)(Cl)CCCCCCCCCCCCCCCCCCCCCCCCCCCCO. The minimum atomic E-state index is -1.84. The molecule has 0 radical (unpaired) electrons. The van der Waals surface area contributed by atoms with Crippen molar-refractivity contribution in [2.24, 2.45) is 0 Å². The van der Waals surface area contributed by atoms with Crippen molar-refractivity contribution >= 4 is 28.9 Å². The second-order valence-electron chi connectivity index (χ2n) is 10.7. The average Bonchev–Trinajstić information content (AvgIpc) is 2.78. The van der Waals surface area contributed by atoms with Crippen LogP contribution in [-0.4, -0.2) is 18.4 Å². The first kappa shape index (κ1) is 33.8. The van der Waals surface area contributed by atoms with Gasteiger partial charge in [-0.3, -0.25) is 0 Å². The summed E-state index contributed by atoms with van der Waals surface area (Å²) in [5, 5.41) is 8.76. The zero-order valence-electron chi connectivity index (χ0n) is 22.5. The highest BCUT2D eigenvalue weighted by Gasteiger charge is 2.19. The van der Waals surface area contributed by atoms with Crippen LogP contribution < -0.4 is 0 Å². The van der Waals surface area contributed by atoms with Crippen LogP contribution in [0.1, 0.15) is 167 Å². The Morgan fingerprint density at radius 3 is 0.727 bits per heavy atom. The Bertz CT molecular complexity index is 360. The molecule has 0 aliphatic rings. The van der Waals surface area contributed by atoms with Crippen molar-refractivity contribution in [1.82, 2.24) is 0 Å². The van der Waals surface area contributed by atoms with Crippen molar-refractivity contribution in [3.8, 4) is 0 Å². The summed E-state index contributed by atoms with van der Waals surface area (Å²) in [6.07, 6.45) is 36.2. The lowest BCUT2D eigenvalue weighted by Gasteiger charge is -2.09. The summed E-state index contributed by atoms with van der Waals surface area (Å²) in [4.78, 5) is 0. The van der Waals surface area contributed by atoms with Crippen molar-refractivity contribution in [1.29, 1.82) is 0 Å². The predicted molar refractivity (Wildman–Crippen MR) is 155 cm³/mol. The van der Waals surface area contributed by atoms with E-state index in [1.807, 2.05) is 6.55 Å². The second-order valence-corrected chi connectivity index (χ2v) is 19.0. The van der Waals surface area contributed by atoms with Gasteiger partial charge in [0.2, 0.25) is 6.69 Å². The number of rotatable bonds is 28. The number of hydrogen-bond donors (Lipinski definition) is 1. The van der Waals surface area contributed by atoms with Gasteiger partial charge in [-0.05, 0) is 19.0 Å². The van der Waals surface area contributed by atoms with Crippen molar-refractivity contribution in [2.45, 2.75) is 180 Å². The minimum absolute atomic E-state index is 0.370. The number of aliphatic hydroxyl groups is 1. The van der Waals surface area contributed by atoms with Gasteiger partial charge in [0.15, 0.2) is 0 Å². The van der Waals surface area contributed by atoms with Gasteiger partial charge >= 0.3 is 0 Å². The van der Waals surface area contributed by atoms with Crippen LogP contribution in [0.2, 0.25) is 12.6 Å². The molecule has 0 bridgehead atoms. The number of aliphatic hydroxyl groups excluding tert-OH is 1. The first-order valence-electron chi connectivity index (χ1n) is 15.0. The normalized spacial score (nSPS) is 12.0. The molecule has 0 aliphatic carbocycles. The molecule has 0 aromatic heterocycles. The maximum atomic E-state index is 8.76. The Morgan fingerprint density at radius 1 is 0.364 bits per heavy atom. The third-order valence-corrected chi connectivity index (χ3v) is 9.39. The van der Waals surface area contributed by atoms with Crippen LogP contribution in [0.5, 0.6) is 0 Å². The van der Waals surface area contributed by atoms with E-state index in [1.165, 1.54) is 161 Å². The van der Waals surface area contributed by atoms with Gasteiger partial charge in [-0.1, -0.05) is 161 Å². The Kier molecular flexibility index (Phi) is 28.0. The van der Waals surface area contributed by atoms with E-state index in [9.17, 15) is 0 Å². The Morgan fingerprint density at radius 2 is 0.545 bits per heavy atom. The fraction of sp³-hybridized carbons (Fsp3) is 1.00. The van der Waals surface area contributed by atoms with Crippen LogP contribution in [0.4, 0.5) is 0 Å². The molecule has 200 valence electrons. The van der Waals surface area contributed by atoms with Crippen LogP contribution in [0.25, 0.3) is 0 Å². The molecule has 33 heavy (non-hydrogen) atoms. The molecule has 0 aromatic rings. The van der Waals surface area contributed by atoms with E-state index in [0.717, 1.165) is 12.5 Å². The molecule has 0 aromatic carbocycles. The molecule has 0 rings (SSSR count). The Balaban J connectivity index is 3.03. The van der Waals surface area contributed by atoms with E-state index in [1.54, 1.807) is 0 Å². The number of unbranched alkanes of at least 4 members (excludes halogenated alkanes) is 25. The second kappa shape index (κ2) is 27.3. The van der Waals surface area contributed by atoms with Crippen molar-refractivity contribution in [2.75, 3.05) is 6.61 Å². The largest absolute Gasteiger partial charge is 0.396 e. The third kappa shape index (κ3) is 32.8. The molecule has 1 N–H and O–H groups in total. The minimum Gasteiger partial charge on any atom is -0.396 e. The summed E-state index contributed by atoms with van der Waals surface area (Å²) in [6, 6.07) is 1.06. The molecule has 0 aliphatic heterocycles. The van der Waals surface area contributed by atoms with E-state index < -0.39 is 6.69 Å². The third-order valence-electron chi connectivity index (χ3n) is 7.02. The van der Waals surface area contributed by atoms with Gasteiger partial charge in [0.1, 0.15) is 0 Å². The number of halogens is 2. The standard InChI is InChI=1S/C29H60Cl2OSi/c1-33(30,31)29-27-25-23-21-19-17-15-13-11-9-7-5-3-2-4-6-8-10-12-14-16-18-20-22-24-26-28-32/h32H,2-29H2,1H3. The zero-order chi connectivity index (χ0) is 24.3. The quantitative estimate of drug-likeness (QED) is 0.0614. The Hall–Kier alpha value is 0.757. The molecule has 1 nitrogen and oxygen atoms in total. The van der Waals surface area contributed by atoms with Gasteiger partial charge in [-0.15, -0.1) is 22.2 Å². The van der Waals surface area contributed by atoms with Gasteiger partial charge in [-0.25, -0.2) is 0 Å². The molecule has 0 atom stereocenters. The van der Waals surface area contributed by atoms with E-state index in [4.69, 9.17) is 27.3 Å². The van der Waals surface area contributed by atoms with Crippen LogP contribution in [0.3, 0.4) is 0 Å². The summed E-state index contributed by atoms with van der Waals surface area (Å²) in [5.41, 5.74) is 0. The highest BCUT2D eigenvalue weighted by molar-refractivity contribution is 7.44. The van der Waals surface area contributed by atoms with Gasteiger partial charge in [0.25, 0.3) is 0 Å². The van der Waals surface area contributed by atoms with Gasteiger partial charge in [0, 0.05) is 6.61 Å². The zero-order valence-corrected chi connectivity index (χ0v) is 25.0. The first-order chi connectivity index (χ1) is 16.1. The maximum absolute atomic E-state index is 8.76. The lowest BCUT2D eigenvalue weighted by Crippen LogP contribution is -2.11. The smallest absolute Gasteiger partial charge is 0.248 e. The molecule has 4 heteroatoms. The fourth-order valence-electron chi connectivity index (χ4n) is 4.79. The van der Waals surface area contributed by atoms with E-state index in [0.29, 0.717) is 6.61 Å². The van der Waals surface area contributed by atoms with Crippen molar-refractivity contribution < 1.29 is 5.11 Å². The van der Waals surface area contributed by atoms with Gasteiger partial charge < -0.3 is 5.11 Å². The topological polar surface area (TPSA) is 20.2 Å². The molecule has 0 amide bonds. The summed E-state index contributed by atoms with van der Waals surface area (Å²) in [6.45, 7) is 0.565. The summed E-state index contributed by atoms with van der Waals surface area (Å²) >= 11 is 12.3. The molecular formula is C29H60Cl2OSi. The predicted octanol–water partition coefficient (Wildman–Crippen LogP) is 11.7. The monoisotopic (exact) mass is 522 g/mol. The molecule has 0 fully saturated rings.